The third-order valence-electron chi connectivity index (χ3n) is 5.26. The molecular weight excluding hydrogens is 322 g/mol. The fourth-order valence-corrected chi connectivity index (χ4v) is 3.87. The largest absolute Gasteiger partial charge is 0.373 e. The van der Waals surface area contributed by atoms with Crippen LogP contribution in [0.5, 0.6) is 0 Å². The maximum absolute atomic E-state index is 4.59. The van der Waals surface area contributed by atoms with Gasteiger partial charge in [0.05, 0.1) is 5.54 Å². The zero-order valence-electron chi connectivity index (χ0n) is 15.2. The lowest BCUT2D eigenvalue weighted by molar-refractivity contribution is 0.159. The molecule has 0 radical (unpaired) electrons. The summed E-state index contributed by atoms with van der Waals surface area (Å²) in [6.45, 7) is 3.06. The molecule has 0 bridgehead atoms. The highest BCUT2D eigenvalue weighted by molar-refractivity contribution is 5.46. The zero-order valence-corrected chi connectivity index (χ0v) is 15.2. The number of hydrogen-bond acceptors (Lipinski definition) is 4. The van der Waals surface area contributed by atoms with Gasteiger partial charge < -0.3 is 5.32 Å². The monoisotopic (exact) mass is 347 g/mol. The highest BCUT2D eigenvalue weighted by Crippen LogP contribution is 2.35. The van der Waals surface area contributed by atoms with Crippen LogP contribution in [-0.4, -0.2) is 32.8 Å². The molecule has 2 heterocycles. The van der Waals surface area contributed by atoms with Crippen LogP contribution in [0.4, 0.5) is 5.69 Å². The molecule has 1 fully saturated rings. The highest BCUT2D eigenvalue weighted by atomic mass is 15.3. The third-order valence-corrected chi connectivity index (χ3v) is 5.26. The summed E-state index contributed by atoms with van der Waals surface area (Å²) in [6, 6.07) is 21.1. The number of para-hydroxylation sites is 1. The van der Waals surface area contributed by atoms with Crippen molar-refractivity contribution in [3.63, 3.8) is 0 Å². The second kappa shape index (κ2) is 7.30. The number of likely N-dealkylation sites (tertiary alicyclic amines) is 1. The van der Waals surface area contributed by atoms with Gasteiger partial charge in [0.1, 0.15) is 6.33 Å². The predicted molar refractivity (Wildman–Crippen MR) is 104 cm³/mol. The van der Waals surface area contributed by atoms with Crippen molar-refractivity contribution in [3.05, 3.63) is 78.4 Å². The molecule has 1 aromatic heterocycles. The average molecular weight is 347 g/mol. The maximum Gasteiger partial charge on any atom is 0.152 e. The van der Waals surface area contributed by atoms with Gasteiger partial charge in [-0.25, -0.2) is 4.98 Å². The van der Waals surface area contributed by atoms with Gasteiger partial charge in [-0.2, -0.15) is 5.10 Å². The molecule has 0 atom stereocenters. The van der Waals surface area contributed by atoms with Crippen molar-refractivity contribution in [2.45, 2.75) is 24.9 Å². The number of aryl methyl sites for hydroxylation is 1. The van der Waals surface area contributed by atoms with Crippen molar-refractivity contribution >= 4 is 5.69 Å². The van der Waals surface area contributed by atoms with E-state index in [0.717, 1.165) is 44.0 Å². The smallest absolute Gasteiger partial charge is 0.152 e. The lowest BCUT2D eigenvalue weighted by Gasteiger charge is -2.42. The summed E-state index contributed by atoms with van der Waals surface area (Å²) in [5.74, 6) is 1.01. The first-order chi connectivity index (χ1) is 12.8. The molecule has 1 aliphatic heterocycles. The first-order valence-corrected chi connectivity index (χ1v) is 9.19. The van der Waals surface area contributed by atoms with Crippen LogP contribution >= 0.6 is 0 Å². The van der Waals surface area contributed by atoms with Crippen LogP contribution in [0, 0.1) is 0 Å². The first-order valence-electron chi connectivity index (χ1n) is 9.19. The molecule has 0 unspecified atom stereocenters. The fourth-order valence-electron chi connectivity index (χ4n) is 3.87. The number of rotatable bonds is 5. The minimum absolute atomic E-state index is 0.181. The lowest BCUT2D eigenvalue weighted by Crippen LogP contribution is -2.48. The van der Waals surface area contributed by atoms with Crippen LogP contribution in [0.3, 0.4) is 0 Å². The van der Waals surface area contributed by atoms with Gasteiger partial charge in [-0.1, -0.05) is 48.5 Å². The molecule has 1 aliphatic rings. The van der Waals surface area contributed by atoms with Crippen LogP contribution in [0.15, 0.2) is 67.0 Å². The number of aromatic nitrogens is 3. The molecule has 0 spiro atoms. The molecule has 1 N–H and O–H groups in total. The molecule has 4 rings (SSSR count). The van der Waals surface area contributed by atoms with Crippen molar-refractivity contribution in [3.8, 4) is 0 Å². The number of nitrogens with zero attached hydrogens (tertiary/aromatic N) is 4. The summed E-state index contributed by atoms with van der Waals surface area (Å²) in [6.07, 6.45) is 3.66. The molecule has 0 aliphatic carbocycles. The Hall–Kier alpha value is -2.66. The van der Waals surface area contributed by atoms with Gasteiger partial charge in [-0.3, -0.25) is 9.58 Å². The highest BCUT2D eigenvalue weighted by Gasteiger charge is 2.39. The Balaban J connectivity index is 1.53. The zero-order chi connectivity index (χ0) is 17.8. The van der Waals surface area contributed by atoms with Crippen LogP contribution in [-0.2, 0) is 19.1 Å². The van der Waals surface area contributed by atoms with E-state index in [0.29, 0.717) is 0 Å². The number of nitrogens with one attached hydrogen (secondary N) is 1. The van der Waals surface area contributed by atoms with Gasteiger partial charge in [-0.05, 0) is 30.5 Å². The predicted octanol–water partition coefficient (Wildman–Crippen LogP) is 3.42. The van der Waals surface area contributed by atoms with E-state index >= 15 is 0 Å². The topological polar surface area (TPSA) is 46.0 Å². The summed E-state index contributed by atoms with van der Waals surface area (Å²) in [5, 5.41) is 8.09. The van der Waals surface area contributed by atoms with Gasteiger partial charge in [0, 0.05) is 32.4 Å². The Labute approximate surface area is 154 Å². The van der Waals surface area contributed by atoms with Gasteiger partial charge in [0.2, 0.25) is 0 Å². The second-order valence-electron chi connectivity index (χ2n) is 7.04. The first kappa shape index (κ1) is 16.8. The van der Waals surface area contributed by atoms with Crippen molar-refractivity contribution in [2.75, 3.05) is 18.4 Å². The maximum atomic E-state index is 4.59. The average Bonchev–Trinajstić information content (AvgIpc) is 3.12. The second-order valence-corrected chi connectivity index (χ2v) is 7.04. The van der Waals surface area contributed by atoms with Crippen LogP contribution in [0.2, 0.25) is 0 Å². The molecule has 3 aromatic rings. The van der Waals surface area contributed by atoms with Crippen LogP contribution in [0.1, 0.15) is 24.2 Å². The molecule has 1 saturated heterocycles. The van der Waals surface area contributed by atoms with E-state index in [1.165, 1.54) is 5.56 Å². The summed E-state index contributed by atoms with van der Waals surface area (Å²) >= 11 is 0. The SMILES string of the molecule is Cn1ncnc1C1(Nc2ccccc2)CCN(Cc2ccccc2)CC1. The Morgan fingerprint density at radius 3 is 2.23 bits per heavy atom. The quantitative estimate of drug-likeness (QED) is 0.768. The van der Waals surface area contributed by atoms with E-state index in [1.807, 2.05) is 17.8 Å². The molecular formula is C21H25N5. The minimum Gasteiger partial charge on any atom is -0.373 e. The minimum atomic E-state index is -0.181. The normalized spacial score (nSPS) is 17.1. The fraction of sp³-hybridized carbons (Fsp3) is 0.333. The Bertz CT molecular complexity index is 820. The Morgan fingerprint density at radius 2 is 1.62 bits per heavy atom. The van der Waals surface area contributed by atoms with Crippen molar-refractivity contribution in [1.29, 1.82) is 0 Å². The Kier molecular flexibility index (Phi) is 4.71. The van der Waals surface area contributed by atoms with Crippen molar-refractivity contribution in [1.82, 2.24) is 19.7 Å². The van der Waals surface area contributed by atoms with Crippen molar-refractivity contribution in [2.24, 2.45) is 7.05 Å². The number of hydrogen-bond donors (Lipinski definition) is 1. The molecule has 0 amide bonds. The number of anilines is 1. The van der Waals surface area contributed by atoms with E-state index in [9.17, 15) is 0 Å². The van der Waals surface area contributed by atoms with E-state index in [2.05, 4.69) is 74.9 Å². The lowest BCUT2D eigenvalue weighted by atomic mass is 9.85. The summed E-state index contributed by atoms with van der Waals surface area (Å²) in [5.41, 5.74) is 2.32. The summed E-state index contributed by atoms with van der Waals surface area (Å²) in [7, 11) is 1.98. The van der Waals surface area contributed by atoms with Gasteiger partial charge in [-0.15, -0.1) is 0 Å². The van der Waals surface area contributed by atoms with Gasteiger partial charge in [0.25, 0.3) is 0 Å². The van der Waals surface area contributed by atoms with E-state index in [-0.39, 0.29) is 5.54 Å². The molecule has 26 heavy (non-hydrogen) atoms. The van der Waals surface area contributed by atoms with E-state index in [4.69, 9.17) is 0 Å². The molecule has 0 saturated carbocycles. The number of piperidine rings is 1. The van der Waals surface area contributed by atoms with Gasteiger partial charge in [0.15, 0.2) is 5.82 Å². The number of benzene rings is 2. The molecule has 5 heteroatoms. The van der Waals surface area contributed by atoms with Gasteiger partial charge >= 0.3 is 0 Å². The van der Waals surface area contributed by atoms with E-state index in [1.54, 1.807) is 6.33 Å². The van der Waals surface area contributed by atoms with Crippen molar-refractivity contribution < 1.29 is 0 Å². The standard InChI is InChI=1S/C21H25N5/c1-25-20(22-17-23-25)21(24-19-10-6-3-7-11-19)12-14-26(15-13-21)16-18-8-4-2-5-9-18/h2-11,17,24H,12-16H2,1H3. The third kappa shape index (κ3) is 3.48. The summed E-state index contributed by atoms with van der Waals surface area (Å²) < 4.78 is 1.91. The van der Waals surface area contributed by atoms with E-state index < -0.39 is 0 Å². The van der Waals surface area contributed by atoms with Crippen LogP contribution in [0.25, 0.3) is 0 Å². The summed E-state index contributed by atoms with van der Waals surface area (Å²) in [4.78, 5) is 7.11. The Morgan fingerprint density at radius 1 is 0.962 bits per heavy atom. The molecule has 134 valence electrons. The molecule has 5 nitrogen and oxygen atoms in total. The van der Waals surface area contributed by atoms with Crippen LogP contribution < -0.4 is 5.32 Å². The molecule has 2 aromatic carbocycles.